The topological polar surface area (TPSA) is 61.4 Å². The second-order valence-corrected chi connectivity index (χ2v) is 7.81. The van der Waals surface area contributed by atoms with Crippen LogP contribution in [0, 0.1) is 19.8 Å². The zero-order valence-electron chi connectivity index (χ0n) is 14.4. The van der Waals surface area contributed by atoms with Crippen molar-refractivity contribution in [2.24, 2.45) is 5.92 Å². The van der Waals surface area contributed by atoms with Gasteiger partial charge in [0, 0.05) is 36.3 Å². The summed E-state index contributed by atoms with van der Waals surface area (Å²) < 4.78 is 0. The van der Waals surface area contributed by atoms with Crippen molar-refractivity contribution >= 4 is 23.3 Å². The molecule has 1 aliphatic rings. The largest absolute Gasteiger partial charge is 0.359 e. The van der Waals surface area contributed by atoms with Gasteiger partial charge in [-0.1, -0.05) is 0 Å². The maximum absolute atomic E-state index is 12.4. The van der Waals surface area contributed by atoms with Gasteiger partial charge in [0.2, 0.25) is 5.91 Å². The molecule has 1 aromatic rings. The van der Waals surface area contributed by atoms with Crippen molar-refractivity contribution in [3.8, 4) is 0 Å². The number of amides is 3. The number of hydrogen-bond donors (Lipinski definition) is 2. The van der Waals surface area contributed by atoms with Crippen LogP contribution < -0.4 is 10.6 Å². The summed E-state index contributed by atoms with van der Waals surface area (Å²) in [6, 6.07) is 2.18. The van der Waals surface area contributed by atoms with Gasteiger partial charge in [-0.15, -0.1) is 11.3 Å². The van der Waals surface area contributed by atoms with Crippen molar-refractivity contribution in [1.82, 2.24) is 15.5 Å². The molecule has 0 radical (unpaired) electrons. The molecule has 6 heteroatoms. The molecule has 2 heterocycles. The number of piperidine rings is 1. The third kappa shape index (κ3) is 4.70. The van der Waals surface area contributed by atoms with Crippen LogP contribution in [0.1, 0.15) is 47.5 Å². The van der Waals surface area contributed by atoms with E-state index in [1.807, 2.05) is 11.8 Å². The molecule has 0 aromatic carbocycles. The highest BCUT2D eigenvalue weighted by molar-refractivity contribution is 7.12. The SMILES string of the molecule is CNC(=O)CC1CCN(C(=O)NC(C)c2cc(C)sc2C)CC1. The minimum absolute atomic E-state index is 0.000791. The van der Waals surface area contributed by atoms with Gasteiger partial charge in [0.1, 0.15) is 0 Å². The summed E-state index contributed by atoms with van der Waals surface area (Å²) in [6.45, 7) is 7.67. The number of carbonyl (C=O) groups excluding carboxylic acids is 2. The molecular weight excluding hydrogens is 310 g/mol. The highest BCUT2D eigenvalue weighted by atomic mass is 32.1. The summed E-state index contributed by atoms with van der Waals surface area (Å²) in [5.41, 5.74) is 1.20. The van der Waals surface area contributed by atoms with E-state index < -0.39 is 0 Å². The van der Waals surface area contributed by atoms with E-state index in [0.29, 0.717) is 12.3 Å². The number of thiophene rings is 1. The lowest BCUT2D eigenvalue weighted by Gasteiger charge is -2.32. The fourth-order valence-corrected chi connectivity index (χ4v) is 4.16. The Balaban J connectivity index is 1.83. The molecule has 1 unspecified atom stereocenters. The van der Waals surface area contributed by atoms with Gasteiger partial charge in [0.25, 0.3) is 0 Å². The highest BCUT2D eigenvalue weighted by Crippen LogP contribution is 2.26. The van der Waals surface area contributed by atoms with Gasteiger partial charge in [-0.25, -0.2) is 4.79 Å². The Hall–Kier alpha value is -1.56. The maximum Gasteiger partial charge on any atom is 0.317 e. The van der Waals surface area contributed by atoms with E-state index in [1.165, 1.54) is 15.3 Å². The molecular formula is C17H27N3O2S. The molecule has 128 valence electrons. The Morgan fingerprint density at radius 2 is 2.00 bits per heavy atom. The van der Waals surface area contributed by atoms with Crippen LogP contribution in [-0.4, -0.2) is 37.0 Å². The number of carbonyl (C=O) groups is 2. The predicted molar refractivity (Wildman–Crippen MR) is 93.7 cm³/mol. The second-order valence-electron chi connectivity index (χ2n) is 6.35. The molecule has 1 saturated heterocycles. The Morgan fingerprint density at radius 1 is 1.35 bits per heavy atom. The zero-order chi connectivity index (χ0) is 17.0. The van der Waals surface area contributed by atoms with E-state index in [-0.39, 0.29) is 18.0 Å². The van der Waals surface area contributed by atoms with Crippen molar-refractivity contribution in [1.29, 1.82) is 0 Å². The summed E-state index contributed by atoms with van der Waals surface area (Å²) in [7, 11) is 1.67. The van der Waals surface area contributed by atoms with Gasteiger partial charge in [0.15, 0.2) is 0 Å². The number of hydrogen-bond acceptors (Lipinski definition) is 3. The molecule has 5 nitrogen and oxygen atoms in total. The summed E-state index contributed by atoms with van der Waals surface area (Å²) in [4.78, 5) is 28.3. The van der Waals surface area contributed by atoms with Gasteiger partial charge < -0.3 is 15.5 Å². The molecule has 0 bridgehead atoms. The summed E-state index contributed by atoms with van der Waals surface area (Å²) in [5.74, 6) is 0.475. The Kier molecular flexibility index (Phi) is 6.04. The number of likely N-dealkylation sites (tertiary alicyclic amines) is 1. The summed E-state index contributed by atoms with van der Waals surface area (Å²) in [6.07, 6.45) is 2.35. The lowest BCUT2D eigenvalue weighted by Crippen LogP contribution is -2.45. The number of nitrogens with zero attached hydrogens (tertiary/aromatic N) is 1. The molecule has 1 atom stereocenters. The maximum atomic E-state index is 12.4. The number of nitrogens with one attached hydrogen (secondary N) is 2. The Bertz CT molecular complexity index is 562. The van der Waals surface area contributed by atoms with Crippen molar-refractivity contribution < 1.29 is 9.59 Å². The first-order valence-corrected chi connectivity index (χ1v) is 9.05. The summed E-state index contributed by atoms with van der Waals surface area (Å²) in [5, 5.41) is 5.77. The van der Waals surface area contributed by atoms with Gasteiger partial charge in [0.05, 0.1) is 6.04 Å². The predicted octanol–water partition coefficient (Wildman–Crippen LogP) is 2.98. The first kappa shape index (κ1) is 17.8. The second kappa shape index (κ2) is 7.81. The molecule has 1 aliphatic heterocycles. The highest BCUT2D eigenvalue weighted by Gasteiger charge is 2.25. The minimum Gasteiger partial charge on any atom is -0.359 e. The monoisotopic (exact) mass is 337 g/mol. The summed E-state index contributed by atoms with van der Waals surface area (Å²) >= 11 is 1.77. The lowest BCUT2D eigenvalue weighted by molar-refractivity contribution is -0.121. The van der Waals surface area contributed by atoms with Crippen LogP contribution in [0.3, 0.4) is 0 Å². The standard InChI is InChI=1S/C17H27N3O2S/c1-11-9-15(13(3)23-11)12(2)19-17(22)20-7-5-14(6-8-20)10-16(21)18-4/h9,12,14H,5-8,10H2,1-4H3,(H,18,21)(H,19,22). The molecule has 0 aliphatic carbocycles. The molecule has 2 N–H and O–H groups in total. The fraction of sp³-hybridized carbons (Fsp3) is 0.647. The number of rotatable bonds is 4. The van der Waals surface area contributed by atoms with Crippen LogP contribution in [-0.2, 0) is 4.79 Å². The van der Waals surface area contributed by atoms with Crippen molar-refractivity contribution in [2.45, 2.75) is 46.1 Å². The third-order valence-electron chi connectivity index (χ3n) is 4.54. The average molecular weight is 337 g/mol. The van der Waals surface area contributed by atoms with Crippen molar-refractivity contribution in [3.63, 3.8) is 0 Å². The first-order valence-electron chi connectivity index (χ1n) is 8.23. The molecule has 0 saturated carbocycles. The van der Waals surface area contributed by atoms with Crippen molar-refractivity contribution in [3.05, 3.63) is 21.4 Å². The van der Waals surface area contributed by atoms with E-state index in [4.69, 9.17) is 0 Å². The van der Waals surface area contributed by atoms with E-state index in [2.05, 4.69) is 30.5 Å². The van der Waals surface area contributed by atoms with Crippen LogP contribution in [0.25, 0.3) is 0 Å². The van der Waals surface area contributed by atoms with Crippen LogP contribution in [0.5, 0.6) is 0 Å². The van der Waals surface area contributed by atoms with Gasteiger partial charge in [-0.05, 0) is 51.2 Å². The molecule has 3 amide bonds. The first-order chi connectivity index (χ1) is 10.9. The van der Waals surface area contributed by atoms with E-state index in [1.54, 1.807) is 18.4 Å². The van der Waals surface area contributed by atoms with Crippen LogP contribution in [0.15, 0.2) is 6.07 Å². The molecule has 1 fully saturated rings. The normalized spacial score (nSPS) is 17.0. The smallest absolute Gasteiger partial charge is 0.317 e. The average Bonchev–Trinajstić information content (AvgIpc) is 2.86. The van der Waals surface area contributed by atoms with E-state index in [9.17, 15) is 9.59 Å². The number of urea groups is 1. The lowest BCUT2D eigenvalue weighted by atomic mass is 9.93. The van der Waals surface area contributed by atoms with Gasteiger partial charge >= 0.3 is 6.03 Å². The molecule has 1 aromatic heterocycles. The molecule has 2 rings (SSSR count). The van der Waals surface area contributed by atoms with E-state index >= 15 is 0 Å². The Morgan fingerprint density at radius 3 is 2.52 bits per heavy atom. The fourth-order valence-electron chi connectivity index (χ4n) is 3.14. The van der Waals surface area contributed by atoms with Crippen LogP contribution in [0.4, 0.5) is 4.79 Å². The van der Waals surface area contributed by atoms with Crippen LogP contribution >= 0.6 is 11.3 Å². The van der Waals surface area contributed by atoms with E-state index in [0.717, 1.165) is 25.9 Å². The van der Waals surface area contributed by atoms with Gasteiger partial charge in [-0.2, -0.15) is 0 Å². The Labute approximate surface area is 142 Å². The minimum atomic E-state index is -0.000791. The molecule has 23 heavy (non-hydrogen) atoms. The number of aryl methyl sites for hydroxylation is 2. The molecule has 0 spiro atoms. The van der Waals surface area contributed by atoms with Gasteiger partial charge in [-0.3, -0.25) is 4.79 Å². The quantitative estimate of drug-likeness (QED) is 0.887. The third-order valence-corrected chi connectivity index (χ3v) is 5.52. The van der Waals surface area contributed by atoms with Crippen molar-refractivity contribution in [2.75, 3.05) is 20.1 Å². The van der Waals surface area contributed by atoms with Crippen LogP contribution in [0.2, 0.25) is 0 Å². The zero-order valence-corrected chi connectivity index (χ0v) is 15.3.